The molecule has 0 atom stereocenters. The zero-order chi connectivity index (χ0) is 8.78. The number of amides is 1. The molecule has 0 aromatic carbocycles. The van der Waals surface area contributed by atoms with Crippen molar-refractivity contribution in [1.29, 1.82) is 0 Å². The van der Waals surface area contributed by atoms with Gasteiger partial charge in [0, 0.05) is 7.05 Å². The van der Waals surface area contributed by atoms with Crippen LogP contribution in [0.5, 0.6) is 0 Å². The highest BCUT2D eigenvalue weighted by Crippen LogP contribution is 1.93. The van der Waals surface area contributed by atoms with Crippen molar-refractivity contribution < 1.29 is 15.0 Å². The van der Waals surface area contributed by atoms with Gasteiger partial charge in [0.1, 0.15) is 0 Å². The molecule has 3 N–H and O–H groups in total. The second kappa shape index (κ2) is 5.20. The lowest BCUT2D eigenvalue weighted by Crippen LogP contribution is -2.42. The Labute approximate surface area is 60.9 Å². The fraction of sp³-hybridized carbons (Fsp3) is 0.833. The minimum atomic E-state index is -2.24. The lowest BCUT2D eigenvalue weighted by molar-refractivity contribution is -0.177. The van der Waals surface area contributed by atoms with Gasteiger partial charge in [-0.25, -0.2) is 0 Å². The van der Waals surface area contributed by atoms with Crippen LogP contribution in [0.4, 0.5) is 0 Å². The predicted molar refractivity (Wildman–Crippen MR) is 38.3 cm³/mol. The minimum Gasteiger partial charge on any atom is -0.358 e. The van der Waals surface area contributed by atoms with Crippen molar-refractivity contribution in [3.8, 4) is 0 Å². The number of likely N-dealkylation sites (N-methyl/N-ethyl adjacent to an activating group) is 1. The van der Waals surface area contributed by atoms with E-state index in [1.807, 2.05) is 13.8 Å². The van der Waals surface area contributed by atoms with Crippen LogP contribution in [0.15, 0.2) is 0 Å². The van der Waals surface area contributed by atoms with E-state index >= 15 is 0 Å². The summed E-state index contributed by atoms with van der Waals surface area (Å²) in [4.78, 5) is 10.2. The van der Waals surface area contributed by atoms with Crippen molar-refractivity contribution in [1.82, 2.24) is 5.32 Å². The summed E-state index contributed by atoms with van der Waals surface area (Å²) in [5.41, 5.74) is 0. The van der Waals surface area contributed by atoms with Crippen LogP contribution in [0.1, 0.15) is 20.8 Å². The van der Waals surface area contributed by atoms with Gasteiger partial charge >= 0.3 is 0 Å². The summed E-state index contributed by atoms with van der Waals surface area (Å²) in [6.45, 7) is 4.99. The maximum Gasteiger partial charge on any atom is 0.279 e. The third kappa shape index (κ3) is 5.53. The molecule has 0 aliphatic heterocycles. The van der Waals surface area contributed by atoms with Crippen molar-refractivity contribution in [3.63, 3.8) is 0 Å². The van der Waals surface area contributed by atoms with Gasteiger partial charge in [-0.1, -0.05) is 13.8 Å². The van der Waals surface area contributed by atoms with E-state index in [0.29, 0.717) is 0 Å². The third-order valence-corrected chi connectivity index (χ3v) is 0.657. The van der Waals surface area contributed by atoms with Gasteiger partial charge in [0.2, 0.25) is 5.79 Å². The highest BCUT2D eigenvalue weighted by Gasteiger charge is 2.24. The fourth-order valence-corrected chi connectivity index (χ4v) is 0.237. The molecule has 0 heterocycles. The Morgan fingerprint density at radius 3 is 1.70 bits per heavy atom. The quantitative estimate of drug-likeness (QED) is 0.438. The lowest BCUT2D eigenvalue weighted by Gasteiger charge is -2.11. The first-order chi connectivity index (χ1) is 4.48. The van der Waals surface area contributed by atoms with Gasteiger partial charge in [-0.05, 0) is 6.92 Å². The molecule has 0 unspecified atom stereocenters. The Morgan fingerprint density at radius 2 is 1.70 bits per heavy atom. The Kier molecular flexibility index (Phi) is 6.29. The van der Waals surface area contributed by atoms with E-state index in [0.717, 1.165) is 6.92 Å². The standard InChI is InChI=1S/C4H9NO3.C2H6/c1-4(7,8)3(6)5-2;1-2/h7-8H,1-2H3,(H,5,6);1-2H3. The van der Waals surface area contributed by atoms with Crippen molar-refractivity contribution in [2.24, 2.45) is 0 Å². The third-order valence-electron chi connectivity index (χ3n) is 0.657. The second-order valence-electron chi connectivity index (χ2n) is 1.60. The molecule has 0 radical (unpaired) electrons. The number of carbonyl (C=O) groups is 1. The first kappa shape index (κ1) is 12.1. The van der Waals surface area contributed by atoms with E-state index in [4.69, 9.17) is 10.2 Å². The molecular weight excluding hydrogens is 134 g/mol. The number of hydrogen-bond acceptors (Lipinski definition) is 3. The van der Waals surface area contributed by atoms with Gasteiger partial charge in [0.25, 0.3) is 5.91 Å². The lowest BCUT2D eigenvalue weighted by atomic mass is 10.3. The van der Waals surface area contributed by atoms with Crippen molar-refractivity contribution >= 4 is 5.91 Å². The molecule has 4 nitrogen and oxygen atoms in total. The largest absolute Gasteiger partial charge is 0.358 e. The predicted octanol–water partition coefficient (Wildman–Crippen LogP) is -0.541. The molecular formula is C6H15NO3. The molecule has 1 amide bonds. The maximum absolute atomic E-state index is 10.2. The molecule has 10 heavy (non-hydrogen) atoms. The molecule has 0 saturated carbocycles. The van der Waals surface area contributed by atoms with E-state index in [1.165, 1.54) is 7.05 Å². The number of rotatable bonds is 1. The number of carbonyl (C=O) groups excluding carboxylic acids is 1. The summed E-state index contributed by atoms with van der Waals surface area (Å²) in [6, 6.07) is 0. The van der Waals surface area contributed by atoms with Crippen LogP contribution < -0.4 is 5.32 Å². The Morgan fingerprint density at radius 1 is 1.40 bits per heavy atom. The van der Waals surface area contributed by atoms with Crippen LogP contribution in [0, 0.1) is 0 Å². The molecule has 0 aliphatic rings. The molecule has 0 saturated heterocycles. The summed E-state index contributed by atoms with van der Waals surface area (Å²) in [5.74, 6) is -3.05. The van der Waals surface area contributed by atoms with E-state index in [9.17, 15) is 4.79 Å². The highest BCUT2D eigenvalue weighted by atomic mass is 16.5. The molecule has 0 fully saturated rings. The van der Waals surface area contributed by atoms with Crippen molar-refractivity contribution in [2.75, 3.05) is 7.05 Å². The van der Waals surface area contributed by atoms with Crippen LogP contribution in [-0.2, 0) is 4.79 Å². The molecule has 0 aromatic heterocycles. The SMILES string of the molecule is CC.CNC(=O)C(C)(O)O. The molecule has 0 spiro atoms. The van der Waals surface area contributed by atoms with E-state index in [2.05, 4.69) is 5.32 Å². The van der Waals surface area contributed by atoms with E-state index in [-0.39, 0.29) is 0 Å². The molecule has 0 rings (SSSR count). The van der Waals surface area contributed by atoms with Crippen LogP contribution in [-0.4, -0.2) is 29.0 Å². The zero-order valence-electron chi connectivity index (χ0n) is 6.80. The zero-order valence-corrected chi connectivity index (χ0v) is 6.80. The Balaban J connectivity index is 0. The Bertz CT molecular complexity index is 95.7. The molecule has 62 valence electrons. The second-order valence-corrected chi connectivity index (χ2v) is 1.60. The molecule has 0 bridgehead atoms. The molecule has 0 aromatic rings. The monoisotopic (exact) mass is 149 g/mol. The van der Waals surface area contributed by atoms with Crippen LogP contribution >= 0.6 is 0 Å². The van der Waals surface area contributed by atoms with Gasteiger partial charge in [0.05, 0.1) is 0 Å². The summed E-state index contributed by atoms with van der Waals surface area (Å²) >= 11 is 0. The number of hydrogen-bond donors (Lipinski definition) is 3. The summed E-state index contributed by atoms with van der Waals surface area (Å²) in [7, 11) is 1.33. The summed E-state index contributed by atoms with van der Waals surface area (Å²) in [6.07, 6.45) is 0. The number of nitrogens with one attached hydrogen (secondary N) is 1. The van der Waals surface area contributed by atoms with Crippen LogP contribution in [0.3, 0.4) is 0 Å². The Hall–Kier alpha value is -0.610. The number of aliphatic hydroxyl groups is 2. The van der Waals surface area contributed by atoms with Gasteiger partial charge in [0.15, 0.2) is 0 Å². The first-order valence-corrected chi connectivity index (χ1v) is 3.15. The van der Waals surface area contributed by atoms with E-state index < -0.39 is 11.7 Å². The van der Waals surface area contributed by atoms with Gasteiger partial charge < -0.3 is 15.5 Å². The van der Waals surface area contributed by atoms with Gasteiger partial charge in [-0.3, -0.25) is 4.79 Å². The van der Waals surface area contributed by atoms with Gasteiger partial charge in [-0.15, -0.1) is 0 Å². The van der Waals surface area contributed by atoms with Crippen LogP contribution in [0.25, 0.3) is 0 Å². The van der Waals surface area contributed by atoms with Crippen molar-refractivity contribution in [3.05, 3.63) is 0 Å². The highest BCUT2D eigenvalue weighted by molar-refractivity contribution is 5.82. The molecule has 0 aliphatic carbocycles. The van der Waals surface area contributed by atoms with Crippen molar-refractivity contribution in [2.45, 2.75) is 26.6 Å². The van der Waals surface area contributed by atoms with E-state index in [1.54, 1.807) is 0 Å². The summed E-state index contributed by atoms with van der Waals surface area (Å²) < 4.78 is 0. The fourth-order valence-electron chi connectivity index (χ4n) is 0.237. The normalized spacial score (nSPS) is 9.40. The first-order valence-electron chi connectivity index (χ1n) is 3.15. The average Bonchev–Trinajstić information content (AvgIpc) is 1.89. The minimum absolute atomic E-state index is 0.808. The van der Waals surface area contributed by atoms with Crippen LogP contribution in [0.2, 0.25) is 0 Å². The average molecular weight is 149 g/mol. The topological polar surface area (TPSA) is 69.6 Å². The summed E-state index contributed by atoms with van der Waals surface area (Å²) in [5, 5.41) is 18.9. The molecule has 4 heteroatoms. The van der Waals surface area contributed by atoms with Gasteiger partial charge in [-0.2, -0.15) is 0 Å². The smallest absolute Gasteiger partial charge is 0.279 e. The maximum atomic E-state index is 10.2.